The van der Waals surface area contributed by atoms with Gasteiger partial charge in [-0.15, -0.1) is 0 Å². The van der Waals surface area contributed by atoms with Crippen molar-refractivity contribution in [2.75, 3.05) is 25.4 Å². The first-order valence-corrected chi connectivity index (χ1v) is 8.04. The average Bonchev–Trinajstić information content (AvgIpc) is 2.47. The van der Waals surface area contributed by atoms with E-state index in [-0.39, 0.29) is 12.5 Å². The summed E-state index contributed by atoms with van der Waals surface area (Å²) in [6.45, 7) is 4.63. The van der Waals surface area contributed by atoms with Gasteiger partial charge in [0.05, 0.1) is 10.3 Å². The summed E-state index contributed by atoms with van der Waals surface area (Å²) in [6, 6.07) is 8.84. The lowest BCUT2D eigenvalue weighted by molar-refractivity contribution is -0.133. The van der Waals surface area contributed by atoms with E-state index < -0.39 is 15.5 Å². The first-order chi connectivity index (χ1) is 9.94. The summed E-state index contributed by atoms with van der Waals surface area (Å²) in [4.78, 5) is 13.9. The van der Waals surface area contributed by atoms with Crippen LogP contribution in [0.15, 0.2) is 24.3 Å². The van der Waals surface area contributed by atoms with Crippen LogP contribution in [0.1, 0.15) is 19.4 Å². The fourth-order valence-electron chi connectivity index (χ4n) is 2.21. The van der Waals surface area contributed by atoms with Gasteiger partial charge in [0.25, 0.3) is 5.91 Å². The number of nitrogens with zero attached hydrogens (tertiary/aromatic N) is 2. The van der Waals surface area contributed by atoms with Crippen LogP contribution in [-0.4, -0.2) is 45.2 Å². The monoisotopic (exact) mass is 306 g/mol. The number of ether oxygens (including phenoxy) is 1. The fourth-order valence-corrected chi connectivity index (χ4v) is 3.45. The van der Waals surface area contributed by atoms with Gasteiger partial charge in [-0.1, -0.05) is 12.1 Å². The molecule has 0 unspecified atom stereocenters. The molecule has 1 aliphatic rings. The highest BCUT2D eigenvalue weighted by Gasteiger charge is 2.35. The zero-order chi connectivity index (χ0) is 15.5. The van der Waals surface area contributed by atoms with Crippen molar-refractivity contribution in [1.82, 2.24) is 4.90 Å². The molecule has 0 aromatic heterocycles. The number of amides is 1. The van der Waals surface area contributed by atoms with Crippen molar-refractivity contribution in [3.63, 3.8) is 0 Å². The Morgan fingerprint density at radius 1 is 1.48 bits per heavy atom. The third-order valence-corrected chi connectivity index (χ3v) is 5.36. The van der Waals surface area contributed by atoms with E-state index in [0.29, 0.717) is 30.2 Å². The molecule has 5 nitrogen and oxygen atoms in total. The van der Waals surface area contributed by atoms with Crippen molar-refractivity contribution >= 4 is 16.7 Å². The molecule has 1 aromatic rings. The van der Waals surface area contributed by atoms with Crippen LogP contribution in [0.4, 0.5) is 0 Å². The van der Waals surface area contributed by atoms with E-state index in [2.05, 4.69) is 0 Å². The Morgan fingerprint density at radius 2 is 2.19 bits per heavy atom. The molecule has 6 heteroatoms. The van der Waals surface area contributed by atoms with Gasteiger partial charge < -0.3 is 9.64 Å². The van der Waals surface area contributed by atoms with Crippen molar-refractivity contribution in [3.05, 3.63) is 29.8 Å². The summed E-state index contributed by atoms with van der Waals surface area (Å²) in [5, 5.41) is 8.97. The molecule has 0 bridgehead atoms. The van der Waals surface area contributed by atoms with Crippen LogP contribution < -0.4 is 4.74 Å². The Morgan fingerprint density at radius 3 is 2.86 bits per heavy atom. The Balaban J connectivity index is 1.97. The quantitative estimate of drug-likeness (QED) is 0.844. The summed E-state index contributed by atoms with van der Waals surface area (Å²) < 4.78 is 16.9. The number of carbonyl (C=O) groups excluding carboxylic acids is 1. The van der Waals surface area contributed by atoms with Crippen molar-refractivity contribution in [3.8, 4) is 11.8 Å². The van der Waals surface area contributed by atoms with Gasteiger partial charge in [-0.05, 0) is 26.0 Å². The zero-order valence-electron chi connectivity index (χ0n) is 12.2. The number of hydrogen-bond donors (Lipinski definition) is 0. The largest absolute Gasteiger partial charge is 0.482 e. The molecule has 1 amide bonds. The van der Waals surface area contributed by atoms with Crippen LogP contribution in [0.5, 0.6) is 5.75 Å². The summed E-state index contributed by atoms with van der Waals surface area (Å²) in [5.74, 6) is 0.758. The molecule has 0 spiro atoms. The third kappa shape index (κ3) is 3.61. The lowest BCUT2D eigenvalue weighted by atomic mass is 10.2. The lowest BCUT2D eigenvalue weighted by Crippen LogP contribution is -2.53. The second kappa shape index (κ2) is 6.27. The molecule has 0 radical (unpaired) electrons. The smallest absolute Gasteiger partial charge is 0.260 e. The molecule has 112 valence electrons. The minimum Gasteiger partial charge on any atom is -0.482 e. The maximum Gasteiger partial charge on any atom is 0.260 e. The highest BCUT2D eigenvalue weighted by atomic mass is 32.2. The van der Waals surface area contributed by atoms with E-state index in [1.54, 1.807) is 29.2 Å². The predicted octanol–water partition coefficient (Wildman–Crippen LogP) is 1.31. The standard InChI is InChI=1S/C15H18N2O3S/c1-15(2)11-17(7-8-21(15)19)14(18)10-20-13-6-4-3-5-12(13)9-16/h3-6H,7-8,10-11H2,1-2H3/t21-/m1/s1. The first kappa shape index (κ1) is 15.5. The van der Waals surface area contributed by atoms with Crippen LogP contribution in [0, 0.1) is 11.3 Å². The van der Waals surface area contributed by atoms with Crippen molar-refractivity contribution in [1.29, 1.82) is 5.26 Å². The number of hydrogen-bond acceptors (Lipinski definition) is 4. The molecular formula is C15H18N2O3S. The molecule has 1 heterocycles. The number of para-hydroxylation sites is 1. The molecule has 21 heavy (non-hydrogen) atoms. The van der Waals surface area contributed by atoms with Crippen LogP contribution in [0.3, 0.4) is 0 Å². The summed E-state index contributed by atoms with van der Waals surface area (Å²) in [7, 11) is -0.911. The molecule has 1 aliphatic heterocycles. The van der Waals surface area contributed by atoms with Crippen LogP contribution in [0.2, 0.25) is 0 Å². The SMILES string of the molecule is CC1(C)CN(C(=O)COc2ccccc2C#N)CC[S@]1=O. The summed E-state index contributed by atoms with van der Waals surface area (Å²) >= 11 is 0. The minimum absolute atomic E-state index is 0.110. The Labute approximate surface area is 127 Å². The van der Waals surface area contributed by atoms with Gasteiger partial charge in [-0.25, -0.2) is 0 Å². The molecule has 1 fully saturated rings. The third-order valence-electron chi connectivity index (χ3n) is 3.45. The van der Waals surface area contributed by atoms with E-state index in [1.807, 2.05) is 19.9 Å². The number of nitriles is 1. The molecule has 0 saturated carbocycles. The number of carbonyl (C=O) groups is 1. The van der Waals surface area contributed by atoms with E-state index in [4.69, 9.17) is 10.00 Å². The molecule has 0 aliphatic carbocycles. The van der Waals surface area contributed by atoms with Crippen LogP contribution in [-0.2, 0) is 15.6 Å². The van der Waals surface area contributed by atoms with Gasteiger partial charge in [0.2, 0.25) is 0 Å². The molecular weight excluding hydrogens is 288 g/mol. The molecule has 1 aromatic carbocycles. The van der Waals surface area contributed by atoms with E-state index in [0.717, 1.165) is 0 Å². The first-order valence-electron chi connectivity index (χ1n) is 6.72. The fraction of sp³-hybridized carbons (Fsp3) is 0.467. The normalized spacial score (nSPS) is 20.6. The van der Waals surface area contributed by atoms with Gasteiger partial charge in [-0.3, -0.25) is 9.00 Å². The zero-order valence-corrected chi connectivity index (χ0v) is 13.0. The maximum absolute atomic E-state index is 12.2. The predicted molar refractivity (Wildman–Crippen MR) is 80.3 cm³/mol. The van der Waals surface area contributed by atoms with Crippen molar-refractivity contribution < 1.29 is 13.7 Å². The summed E-state index contributed by atoms with van der Waals surface area (Å²) in [6.07, 6.45) is 0. The highest BCUT2D eigenvalue weighted by molar-refractivity contribution is 7.86. The van der Waals surface area contributed by atoms with Gasteiger partial charge in [0.1, 0.15) is 11.8 Å². The van der Waals surface area contributed by atoms with Crippen molar-refractivity contribution in [2.45, 2.75) is 18.6 Å². The molecule has 2 rings (SSSR count). The lowest BCUT2D eigenvalue weighted by Gasteiger charge is -2.37. The average molecular weight is 306 g/mol. The highest BCUT2D eigenvalue weighted by Crippen LogP contribution is 2.21. The van der Waals surface area contributed by atoms with E-state index in [1.165, 1.54) is 0 Å². The number of rotatable bonds is 3. The van der Waals surface area contributed by atoms with Gasteiger partial charge in [0.15, 0.2) is 6.61 Å². The van der Waals surface area contributed by atoms with Crippen molar-refractivity contribution in [2.24, 2.45) is 0 Å². The van der Waals surface area contributed by atoms with E-state index >= 15 is 0 Å². The van der Waals surface area contributed by atoms with Crippen LogP contribution in [0.25, 0.3) is 0 Å². The van der Waals surface area contributed by atoms with E-state index in [9.17, 15) is 9.00 Å². The molecule has 1 atom stereocenters. The maximum atomic E-state index is 12.2. The Kier molecular flexibility index (Phi) is 4.63. The molecule has 1 saturated heterocycles. The second-order valence-electron chi connectivity index (χ2n) is 5.52. The van der Waals surface area contributed by atoms with Gasteiger partial charge >= 0.3 is 0 Å². The van der Waals surface area contributed by atoms with Gasteiger partial charge in [0, 0.05) is 29.6 Å². The number of benzene rings is 1. The Hall–Kier alpha value is -1.87. The minimum atomic E-state index is -0.911. The van der Waals surface area contributed by atoms with Crippen LogP contribution >= 0.6 is 0 Å². The second-order valence-corrected chi connectivity index (χ2v) is 7.73. The Bertz CT molecular complexity index is 607. The molecule has 0 N–H and O–H groups in total. The topological polar surface area (TPSA) is 70.4 Å². The summed E-state index contributed by atoms with van der Waals surface area (Å²) in [5.41, 5.74) is 0.408. The van der Waals surface area contributed by atoms with Gasteiger partial charge in [-0.2, -0.15) is 5.26 Å².